The molecule has 1 unspecified atom stereocenters. The highest BCUT2D eigenvalue weighted by Gasteiger charge is 2.31. The lowest BCUT2D eigenvalue weighted by atomic mass is 10.0. The van der Waals surface area contributed by atoms with Crippen molar-refractivity contribution in [2.75, 3.05) is 0 Å². The van der Waals surface area contributed by atoms with Gasteiger partial charge in [0.15, 0.2) is 0 Å². The molecule has 0 fully saturated rings. The Kier molecular flexibility index (Phi) is 5.67. The maximum absolute atomic E-state index is 12.9. The number of esters is 1. The van der Waals surface area contributed by atoms with E-state index in [2.05, 4.69) is 20.6 Å². The molecule has 3 N–H and O–H groups in total. The summed E-state index contributed by atoms with van der Waals surface area (Å²) in [7, 11) is 0. The number of aromatic amines is 1. The van der Waals surface area contributed by atoms with Gasteiger partial charge in [0.25, 0.3) is 0 Å². The topological polar surface area (TPSA) is 96.1 Å². The maximum atomic E-state index is 12.9. The Morgan fingerprint density at radius 3 is 2.72 bits per heavy atom. The first kappa shape index (κ1) is 18.9. The van der Waals surface area contributed by atoms with E-state index in [-0.39, 0.29) is 18.9 Å². The average Bonchev–Trinajstić information content (AvgIpc) is 3.42. The van der Waals surface area contributed by atoms with Crippen molar-refractivity contribution in [1.82, 2.24) is 20.6 Å². The number of rotatable bonds is 7. The first-order valence-corrected chi connectivity index (χ1v) is 9.50. The van der Waals surface area contributed by atoms with Gasteiger partial charge in [0.1, 0.15) is 18.7 Å². The number of fused-ring (bicyclic) bond motifs is 1. The molecule has 0 spiro atoms. The largest absolute Gasteiger partial charge is 0.459 e. The van der Waals surface area contributed by atoms with Crippen LogP contribution in [0.3, 0.4) is 0 Å². The molecule has 2 aromatic carbocycles. The van der Waals surface area contributed by atoms with Crippen LogP contribution in [0.2, 0.25) is 0 Å². The molecule has 29 heavy (non-hydrogen) atoms. The van der Waals surface area contributed by atoms with Gasteiger partial charge in [0.05, 0.1) is 6.33 Å². The summed E-state index contributed by atoms with van der Waals surface area (Å²) >= 11 is 0. The van der Waals surface area contributed by atoms with E-state index in [0.29, 0.717) is 6.54 Å². The van der Waals surface area contributed by atoms with Crippen LogP contribution < -0.4 is 10.6 Å². The van der Waals surface area contributed by atoms with Gasteiger partial charge in [0.2, 0.25) is 5.91 Å². The van der Waals surface area contributed by atoms with Crippen molar-refractivity contribution in [3.63, 3.8) is 0 Å². The number of benzene rings is 2. The number of carbonyl (C=O) groups is 2. The first-order valence-electron chi connectivity index (χ1n) is 9.50. The second-order valence-electron chi connectivity index (χ2n) is 6.95. The number of aromatic nitrogens is 2. The molecule has 0 saturated carbocycles. The zero-order chi connectivity index (χ0) is 20.1. The number of carbonyl (C=O) groups excluding carboxylic acids is 2. The van der Waals surface area contributed by atoms with Crippen molar-refractivity contribution >= 4 is 11.9 Å². The van der Waals surface area contributed by atoms with Crippen LogP contribution in [0.4, 0.5) is 0 Å². The van der Waals surface area contributed by atoms with Gasteiger partial charge in [-0.2, -0.15) is 0 Å². The molecule has 0 aliphatic carbocycles. The van der Waals surface area contributed by atoms with Gasteiger partial charge in [-0.1, -0.05) is 54.6 Å². The third-order valence-electron chi connectivity index (χ3n) is 4.93. The minimum atomic E-state index is -0.818. The van der Waals surface area contributed by atoms with E-state index in [4.69, 9.17) is 4.74 Å². The Bertz CT molecular complexity index is 973. The Hall–Kier alpha value is -3.45. The lowest BCUT2D eigenvalue weighted by Crippen LogP contribution is -2.46. The molecule has 0 bridgehead atoms. The van der Waals surface area contributed by atoms with Crippen LogP contribution in [0.5, 0.6) is 0 Å². The molecular weight excluding hydrogens is 368 g/mol. The summed E-state index contributed by atoms with van der Waals surface area (Å²) in [6.07, 6.45) is 3.44. The molecule has 3 aromatic rings. The fourth-order valence-corrected chi connectivity index (χ4v) is 3.43. The molecule has 1 aliphatic rings. The second kappa shape index (κ2) is 8.70. The zero-order valence-corrected chi connectivity index (χ0v) is 15.8. The minimum absolute atomic E-state index is 0.152. The molecule has 4 rings (SSSR count). The number of imidazole rings is 1. The molecule has 148 valence electrons. The highest BCUT2D eigenvalue weighted by molar-refractivity contribution is 5.89. The molecular formula is C22H22N4O3. The van der Waals surface area contributed by atoms with Gasteiger partial charge in [-0.25, -0.2) is 9.78 Å². The normalized spacial score (nSPS) is 16.1. The van der Waals surface area contributed by atoms with Crippen LogP contribution >= 0.6 is 0 Å². The number of hydrogen-bond acceptors (Lipinski definition) is 5. The predicted molar refractivity (Wildman–Crippen MR) is 106 cm³/mol. The van der Waals surface area contributed by atoms with Gasteiger partial charge in [-0.15, -0.1) is 0 Å². The summed E-state index contributed by atoms with van der Waals surface area (Å²) < 4.78 is 5.46. The van der Waals surface area contributed by atoms with Crippen molar-refractivity contribution in [2.45, 2.75) is 31.7 Å². The Labute approximate surface area is 168 Å². The van der Waals surface area contributed by atoms with Crippen LogP contribution in [0.1, 0.15) is 28.4 Å². The lowest BCUT2D eigenvalue weighted by Gasteiger charge is -2.20. The quantitative estimate of drug-likeness (QED) is 0.537. The Morgan fingerprint density at radius 2 is 1.93 bits per heavy atom. The summed E-state index contributed by atoms with van der Waals surface area (Å²) in [5, 5.41) is 6.05. The predicted octanol–water partition coefficient (Wildman–Crippen LogP) is 2.02. The zero-order valence-electron chi connectivity index (χ0n) is 15.8. The number of hydrogen-bond donors (Lipinski definition) is 3. The molecule has 1 amide bonds. The summed E-state index contributed by atoms with van der Waals surface area (Å²) in [6, 6.07) is 15.9. The average molecular weight is 390 g/mol. The third kappa shape index (κ3) is 4.52. The highest BCUT2D eigenvalue weighted by Crippen LogP contribution is 2.25. The van der Waals surface area contributed by atoms with E-state index in [1.54, 1.807) is 6.20 Å². The maximum Gasteiger partial charge on any atom is 0.329 e. The van der Waals surface area contributed by atoms with Gasteiger partial charge in [-0.05, 0) is 16.7 Å². The van der Waals surface area contributed by atoms with E-state index in [9.17, 15) is 9.59 Å². The number of nitrogens with one attached hydrogen (secondary N) is 3. The van der Waals surface area contributed by atoms with Gasteiger partial charge < -0.3 is 15.0 Å². The number of amides is 1. The molecule has 0 radical (unpaired) electrons. The Balaban J connectivity index is 1.45. The Morgan fingerprint density at radius 1 is 1.14 bits per heavy atom. The summed E-state index contributed by atoms with van der Waals surface area (Å²) in [5.41, 5.74) is 3.65. The molecule has 0 saturated heterocycles. The minimum Gasteiger partial charge on any atom is -0.459 e. The number of ether oxygens (including phenoxy) is 1. The summed E-state index contributed by atoms with van der Waals surface area (Å²) in [4.78, 5) is 32.6. The van der Waals surface area contributed by atoms with E-state index >= 15 is 0 Å². The van der Waals surface area contributed by atoms with Crippen LogP contribution in [0.15, 0.2) is 67.1 Å². The van der Waals surface area contributed by atoms with E-state index in [1.165, 1.54) is 6.33 Å². The summed E-state index contributed by atoms with van der Waals surface area (Å²) in [5.74, 6) is -0.737. The van der Waals surface area contributed by atoms with E-state index in [1.807, 2.05) is 54.6 Å². The van der Waals surface area contributed by atoms with Crippen molar-refractivity contribution < 1.29 is 14.3 Å². The van der Waals surface area contributed by atoms with Crippen LogP contribution in [-0.2, 0) is 33.9 Å². The smallest absolute Gasteiger partial charge is 0.329 e. The highest BCUT2D eigenvalue weighted by atomic mass is 16.5. The van der Waals surface area contributed by atoms with Crippen LogP contribution in [0.25, 0.3) is 0 Å². The molecule has 2 heterocycles. The standard InChI is InChI=1S/C22H22N4O3/c27-21(20-18-9-5-4-8-16(18)11-24-20)26-19(10-17-12-23-14-25-17)22(28)29-13-15-6-2-1-3-7-15/h1-9,12,14,19-20,24H,10-11,13H2,(H,23,25)(H,26,27)/t19-,20?/m0/s1. The molecule has 7 nitrogen and oxygen atoms in total. The van der Waals surface area contributed by atoms with Gasteiger partial charge >= 0.3 is 5.97 Å². The van der Waals surface area contributed by atoms with Crippen molar-refractivity contribution in [3.05, 3.63) is 89.5 Å². The fourth-order valence-electron chi connectivity index (χ4n) is 3.43. The van der Waals surface area contributed by atoms with Crippen LogP contribution in [-0.4, -0.2) is 27.9 Å². The second-order valence-corrected chi connectivity index (χ2v) is 6.95. The lowest BCUT2D eigenvalue weighted by molar-refractivity contribution is -0.149. The molecule has 1 aliphatic heterocycles. The van der Waals surface area contributed by atoms with Crippen molar-refractivity contribution in [2.24, 2.45) is 0 Å². The fraction of sp³-hybridized carbons (Fsp3) is 0.227. The molecule has 1 aromatic heterocycles. The third-order valence-corrected chi connectivity index (χ3v) is 4.93. The number of H-pyrrole nitrogens is 1. The van der Waals surface area contributed by atoms with Gasteiger partial charge in [0, 0.05) is 24.9 Å². The first-order chi connectivity index (χ1) is 14.2. The van der Waals surface area contributed by atoms with Crippen molar-refractivity contribution in [1.29, 1.82) is 0 Å². The molecule has 7 heteroatoms. The van der Waals surface area contributed by atoms with Crippen LogP contribution in [0, 0.1) is 0 Å². The monoisotopic (exact) mass is 390 g/mol. The van der Waals surface area contributed by atoms with E-state index < -0.39 is 18.1 Å². The molecule has 2 atom stereocenters. The van der Waals surface area contributed by atoms with Crippen molar-refractivity contribution in [3.8, 4) is 0 Å². The summed E-state index contributed by atoms with van der Waals surface area (Å²) in [6.45, 7) is 0.775. The van der Waals surface area contributed by atoms with Gasteiger partial charge in [-0.3, -0.25) is 10.1 Å². The number of nitrogens with zero attached hydrogens (tertiary/aromatic N) is 1. The van der Waals surface area contributed by atoms with E-state index in [0.717, 1.165) is 22.4 Å². The SMILES string of the molecule is O=C(N[C@@H](Cc1cnc[nH]1)C(=O)OCc1ccccc1)C1NCc2ccccc21.